The van der Waals surface area contributed by atoms with Crippen LogP contribution in [0.3, 0.4) is 0 Å². The summed E-state index contributed by atoms with van der Waals surface area (Å²) in [5.74, 6) is 0.101. The number of amides is 1. The molecule has 0 radical (unpaired) electrons. The van der Waals surface area contributed by atoms with E-state index in [1.54, 1.807) is 29.8 Å². The fraction of sp³-hybridized carbons (Fsp3) is 0.323. The number of hydrogen-bond donors (Lipinski definition) is 2. The smallest absolute Gasteiger partial charge is 0.270 e. The molecule has 0 saturated heterocycles. The van der Waals surface area contributed by atoms with Gasteiger partial charge in [-0.2, -0.15) is 5.10 Å². The number of carbonyl (C=O) groups is 3. The van der Waals surface area contributed by atoms with E-state index < -0.39 is 0 Å². The van der Waals surface area contributed by atoms with Crippen LogP contribution in [0.15, 0.2) is 48.7 Å². The van der Waals surface area contributed by atoms with Crippen molar-refractivity contribution in [1.82, 2.24) is 25.2 Å². The molecule has 2 heterocycles. The monoisotopic (exact) mass is 521 g/mol. The number of ketones is 2. The highest BCUT2D eigenvalue weighted by Gasteiger charge is 2.26. The summed E-state index contributed by atoms with van der Waals surface area (Å²) in [7, 11) is 0. The van der Waals surface area contributed by atoms with E-state index in [9.17, 15) is 14.4 Å². The second-order valence-electron chi connectivity index (χ2n) is 10.6. The van der Waals surface area contributed by atoms with E-state index in [0.717, 1.165) is 47.2 Å². The Hall–Kier alpha value is -4.17. The molecule has 0 saturated carbocycles. The number of benzene rings is 2. The standard InChI is InChI=1S/C31H31N5O3/c1-18-25(19(2)37)7-8-27-26(18)9-10-28(27)32-17-23-15-29(35-30-11-12-34-36(23)30)31(39)33-16-20-3-4-21-5-6-24(38)14-22(21)13-20/h3-4,7-8,11-13,15,28,32H,5-6,9-10,14,16-17H2,1-2H3,(H,33,39)/t28-/m0/s1. The van der Waals surface area contributed by atoms with Gasteiger partial charge in [0.25, 0.3) is 5.91 Å². The quantitative estimate of drug-likeness (QED) is 0.356. The summed E-state index contributed by atoms with van der Waals surface area (Å²) in [6.45, 7) is 4.52. The normalized spacial score (nSPS) is 16.3. The maximum Gasteiger partial charge on any atom is 0.270 e. The van der Waals surface area contributed by atoms with E-state index in [4.69, 9.17) is 0 Å². The van der Waals surface area contributed by atoms with Crippen LogP contribution in [0.4, 0.5) is 0 Å². The highest BCUT2D eigenvalue weighted by molar-refractivity contribution is 5.96. The van der Waals surface area contributed by atoms with Gasteiger partial charge in [0, 0.05) is 43.6 Å². The minimum absolute atomic E-state index is 0.0945. The topological polar surface area (TPSA) is 105 Å². The molecule has 39 heavy (non-hydrogen) atoms. The maximum atomic E-state index is 13.1. The highest BCUT2D eigenvalue weighted by Crippen LogP contribution is 2.35. The number of hydrogen-bond acceptors (Lipinski definition) is 6. The van der Waals surface area contributed by atoms with Crippen LogP contribution in [0.5, 0.6) is 0 Å². The van der Waals surface area contributed by atoms with Crippen LogP contribution in [0.1, 0.15) is 85.7 Å². The number of nitrogens with one attached hydrogen (secondary N) is 2. The molecule has 1 atom stereocenters. The number of fused-ring (bicyclic) bond motifs is 3. The summed E-state index contributed by atoms with van der Waals surface area (Å²) in [5.41, 5.74) is 9.38. The van der Waals surface area contributed by atoms with Crippen molar-refractivity contribution in [2.24, 2.45) is 0 Å². The summed E-state index contributed by atoms with van der Waals surface area (Å²) in [4.78, 5) is 41.5. The Morgan fingerprint density at radius 3 is 2.74 bits per heavy atom. The predicted molar refractivity (Wildman–Crippen MR) is 147 cm³/mol. The average molecular weight is 522 g/mol. The van der Waals surface area contributed by atoms with Gasteiger partial charge in [0.1, 0.15) is 11.5 Å². The van der Waals surface area contributed by atoms with Crippen molar-refractivity contribution in [2.75, 3.05) is 0 Å². The molecule has 8 heteroatoms. The van der Waals surface area contributed by atoms with Crippen molar-refractivity contribution in [3.63, 3.8) is 0 Å². The van der Waals surface area contributed by atoms with Gasteiger partial charge in [-0.1, -0.05) is 30.3 Å². The highest BCUT2D eigenvalue weighted by atomic mass is 16.2. The van der Waals surface area contributed by atoms with Crippen molar-refractivity contribution in [1.29, 1.82) is 0 Å². The first kappa shape index (κ1) is 25.1. The molecule has 6 rings (SSSR count). The van der Waals surface area contributed by atoms with E-state index in [1.807, 2.05) is 25.1 Å². The number of aryl methyl sites for hydroxylation is 1. The van der Waals surface area contributed by atoms with Crippen LogP contribution in [0.2, 0.25) is 0 Å². The van der Waals surface area contributed by atoms with Gasteiger partial charge in [0.05, 0.1) is 11.9 Å². The first-order valence-electron chi connectivity index (χ1n) is 13.5. The molecule has 2 aromatic carbocycles. The molecule has 0 fully saturated rings. The maximum absolute atomic E-state index is 13.1. The number of rotatable bonds is 7. The first-order valence-corrected chi connectivity index (χ1v) is 13.5. The molecule has 1 amide bonds. The third-order valence-electron chi connectivity index (χ3n) is 8.05. The molecule has 198 valence electrons. The fourth-order valence-corrected chi connectivity index (χ4v) is 5.97. The Balaban J connectivity index is 1.17. The van der Waals surface area contributed by atoms with Gasteiger partial charge in [-0.25, -0.2) is 9.50 Å². The Labute approximate surface area is 226 Å². The number of aromatic nitrogens is 3. The van der Waals surface area contributed by atoms with E-state index in [2.05, 4.69) is 32.8 Å². The molecule has 8 nitrogen and oxygen atoms in total. The zero-order chi connectivity index (χ0) is 27.1. The van der Waals surface area contributed by atoms with Crippen LogP contribution in [0, 0.1) is 6.92 Å². The van der Waals surface area contributed by atoms with Gasteiger partial charge >= 0.3 is 0 Å². The molecule has 0 spiro atoms. The first-order chi connectivity index (χ1) is 18.9. The zero-order valence-electron chi connectivity index (χ0n) is 22.2. The Morgan fingerprint density at radius 1 is 1.03 bits per heavy atom. The lowest BCUT2D eigenvalue weighted by Crippen LogP contribution is -2.26. The van der Waals surface area contributed by atoms with E-state index in [1.165, 1.54) is 16.7 Å². The lowest BCUT2D eigenvalue weighted by Gasteiger charge is -2.17. The summed E-state index contributed by atoms with van der Waals surface area (Å²) < 4.78 is 1.75. The fourth-order valence-electron chi connectivity index (χ4n) is 5.97. The molecular weight excluding hydrogens is 490 g/mol. The van der Waals surface area contributed by atoms with Gasteiger partial charge < -0.3 is 10.6 Å². The molecule has 2 N–H and O–H groups in total. The van der Waals surface area contributed by atoms with Crippen molar-refractivity contribution >= 4 is 23.1 Å². The lowest BCUT2D eigenvalue weighted by molar-refractivity contribution is -0.118. The lowest BCUT2D eigenvalue weighted by atomic mass is 9.89. The van der Waals surface area contributed by atoms with Crippen molar-refractivity contribution < 1.29 is 14.4 Å². The molecule has 2 aliphatic carbocycles. The van der Waals surface area contributed by atoms with Crippen molar-refractivity contribution in [3.8, 4) is 0 Å². The molecule has 2 aliphatic rings. The number of nitrogens with zero attached hydrogens (tertiary/aromatic N) is 3. The summed E-state index contributed by atoms with van der Waals surface area (Å²) in [5, 5.41) is 11.0. The molecule has 0 bridgehead atoms. The minimum atomic E-state index is -0.257. The summed E-state index contributed by atoms with van der Waals surface area (Å²) in [6, 6.07) is 13.8. The second-order valence-corrected chi connectivity index (χ2v) is 10.6. The summed E-state index contributed by atoms with van der Waals surface area (Å²) >= 11 is 0. The van der Waals surface area contributed by atoms with Crippen molar-refractivity contribution in [2.45, 2.75) is 65.1 Å². The van der Waals surface area contributed by atoms with Gasteiger partial charge in [0.2, 0.25) is 0 Å². The summed E-state index contributed by atoms with van der Waals surface area (Å²) in [6.07, 6.45) is 5.42. The van der Waals surface area contributed by atoms with Crippen LogP contribution in [-0.4, -0.2) is 32.1 Å². The van der Waals surface area contributed by atoms with Crippen LogP contribution in [0.25, 0.3) is 5.65 Å². The molecule has 0 aliphatic heterocycles. The number of carbonyl (C=O) groups excluding carboxylic acids is 3. The third-order valence-corrected chi connectivity index (χ3v) is 8.05. The predicted octanol–water partition coefficient (Wildman–Crippen LogP) is 4.01. The molecule has 4 aromatic rings. The van der Waals surface area contributed by atoms with Gasteiger partial charge in [0.15, 0.2) is 11.4 Å². The molecule has 0 unspecified atom stereocenters. The van der Waals surface area contributed by atoms with Gasteiger partial charge in [-0.05, 0) is 72.6 Å². The third kappa shape index (κ3) is 4.88. The van der Waals surface area contributed by atoms with Crippen molar-refractivity contribution in [3.05, 3.63) is 99.0 Å². The Bertz CT molecular complexity index is 1640. The zero-order valence-corrected chi connectivity index (χ0v) is 22.2. The second kappa shape index (κ2) is 10.2. The van der Waals surface area contributed by atoms with Gasteiger partial charge in [-0.15, -0.1) is 0 Å². The van der Waals surface area contributed by atoms with Crippen LogP contribution >= 0.6 is 0 Å². The number of Topliss-reactive ketones (excluding diaryl/α,β-unsaturated/α-hetero) is 2. The van der Waals surface area contributed by atoms with Crippen LogP contribution in [-0.2, 0) is 37.1 Å². The largest absolute Gasteiger partial charge is 0.347 e. The Morgan fingerprint density at radius 2 is 1.90 bits per heavy atom. The van der Waals surface area contributed by atoms with E-state index in [0.29, 0.717) is 37.3 Å². The van der Waals surface area contributed by atoms with Gasteiger partial charge in [-0.3, -0.25) is 14.4 Å². The van der Waals surface area contributed by atoms with E-state index in [-0.39, 0.29) is 23.5 Å². The molecular formula is C31H31N5O3. The van der Waals surface area contributed by atoms with E-state index >= 15 is 0 Å². The Kier molecular flexibility index (Phi) is 6.56. The average Bonchev–Trinajstić information content (AvgIpc) is 3.57. The van der Waals surface area contributed by atoms with Crippen LogP contribution < -0.4 is 10.6 Å². The SMILES string of the molecule is CC(=O)c1ccc2c(c1C)CC[C@@H]2NCc1cc(C(=O)NCc2ccc3c(c2)CC(=O)CC3)nc2ccnn12. The minimum Gasteiger partial charge on any atom is -0.347 e. The molecule has 2 aromatic heterocycles.